The molecule has 6 nitrogen and oxygen atoms in total. The van der Waals surface area contributed by atoms with E-state index in [1.165, 1.54) is 0 Å². The Morgan fingerprint density at radius 1 is 1.58 bits per heavy atom. The van der Waals surface area contributed by atoms with Crippen molar-refractivity contribution in [3.05, 3.63) is 4.91 Å². The molecule has 7 heteroatoms. The van der Waals surface area contributed by atoms with Gasteiger partial charge in [0.05, 0.1) is 0 Å². The number of hydrogen-bond acceptors (Lipinski definition) is 6. The van der Waals surface area contributed by atoms with E-state index in [1.54, 1.807) is 0 Å². The summed E-state index contributed by atoms with van der Waals surface area (Å²) in [4.78, 5) is 30.3. The third kappa shape index (κ3) is 4.80. The Balaban J connectivity index is 3.60. The topological polar surface area (TPSA) is 110 Å². The highest BCUT2D eigenvalue weighted by Crippen LogP contribution is 2.03. The fourth-order valence-electron chi connectivity index (χ4n) is 0.352. The van der Waals surface area contributed by atoms with Crippen LogP contribution < -0.4 is 5.73 Å². The maximum Gasteiger partial charge on any atom is 0.321 e. The van der Waals surface area contributed by atoms with Crippen LogP contribution in [0.4, 0.5) is 0 Å². The second-order valence-electron chi connectivity index (χ2n) is 1.91. The minimum absolute atomic E-state index is 0.0380. The highest BCUT2D eigenvalue weighted by Gasteiger charge is 2.13. The predicted octanol–water partition coefficient (Wildman–Crippen LogP) is -0.576. The molecular formula is C5H8N2O4S. The number of hydrogen-bond donors (Lipinski definition) is 2. The van der Waals surface area contributed by atoms with E-state index in [4.69, 9.17) is 10.8 Å². The lowest BCUT2D eigenvalue weighted by Crippen LogP contribution is -2.33. The minimum atomic E-state index is -1.17. The van der Waals surface area contributed by atoms with Gasteiger partial charge in [-0.3, -0.25) is 9.59 Å². The average molecular weight is 192 g/mol. The van der Waals surface area contributed by atoms with Crippen molar-refractivity contribution in [2.75, 3.05) is 12.3 Å². The zero-order valence-corrected chi connectivity index (χ0v) is 6.91. The quantitative estimate of drug-likeness (QED) is 0.564. The highest BCUT2D eigenvalue weighted by molar-refractivity contribution is 8.13. The van der Waals surface area contributed by atoms with Gasteiger partial charge in [0.1, 0.15) is 12.6 Å². The Hall–Kier alpha value is -0.950. The standard InChI is InChI=1S/C5H8N2O4S/c6-3(5(9)10)2-12-4(8)1-7-11/h3H,1-2,6H2,(H,9,10). The Bertz CT molecular complexity index is 196. The number of thioether (sulfide) groups is 1. The summed E-state index contributed by atoms with van der Waals surface area (Å²) >= 11 is 0.699. The predicted molar refractivity (Wildman–Crippen MR) is 43.7 cm³/mol. The van der Waals surface area contributed by atoms with Crippen molar-refractivity contribution in [3.63, 3.8) is 0 Å². The summed E-state index contributed by atoms with van der Waals surface area (Å²) < 4.78 is 0. The molecule has 0 aromatic heterocycles. The van der Waals surface area contributed by atoms with Crippen LogP contribution >= 0.6 is 11.8 Å². The van der Waals surface area contributed by atoms with Crippen molar-refractivity contribution >= 4 is 22.8 Å². The van der Waals surface area contributed by atoms with Gasteiger partial charge in [0.15, 0.2) is 0 Å². The van der Waals surface area contributed by atoms with E-state index in [2.05, 4.69) is 5.18 Å². The van der Waals surface area contributed by atoms with E-state index in [0.29, 0.717) is 11.8 Å². The number of carboxylic acid groups (broad SMARTS) is 1. The van der Waals surface area contributed by atoms with E-state index in [-0.39, 0.29) is 5.75 Å². The number of carbonyl (C=O) groups is 2. The zero-order chi connectivity index (χ0) is 9.56. The first-order valence-electron chi connectivity index (χ1n) is 3.01. The number of nitrogens with zero attached hydrogens (tertiary/aromatic N) is 1. The molecule has 0 aliphatic heterocycles. The van der Waals surface area contributed by atoms with Gasteiger partial charge in [0.25, 0.3) is 0 Å². The van der Waals surface area contributed by atoms with Crippen LogP contribution in [0.2, 0.25) is 0 Å². The van der Waals surface area contributed by atoms with Gasteiger partial charge in [-0.1, -0.05) is 16.9 Å². The summed E-state index contributed by atoms with van der Waals surface area (Å²) in [7, 11) is 0. The van der Waals surface area contributed by atoms with Gasteiger partial charge in [-0.05, 0) is 0 Å². The van der Waals surface area contributed by atoms with Crippen molar-refractivity contribution in [2.45, 2.75) is 6.04 Å². The summed E-state index contributed by atoms with van der Waals surface area (Å²) in [5.41, 5.74) is 5.08. The Labute approximate surface area is 72.5 Å². The molecular weight excluding hydrogens is 184 g/mol. The van der Waals surface area contributed by atoms with Crippen molar-refractivity contribution < 1.29 is 14.7 Å². The maximum absolute atomic E-state index is 10.6. The summed E-state index contributed by atoms with van der Waals surface area (Å²) in [6.07, 6.45) is 0. The number of carboxylic acids is 1. The molecule has 0 aromatic rings. The van der Waals surface area contributed by atoms with E-state index in [1.807, 2.05) is 0 Å². The highest BCUT2D eigenvalue weighted by atomic mass is 32.2. The van der Waals surface area contributed by atoms with Crippen LogP contribution in [0.3, 0.4) is 0 Å². The Morgan fingerprint density at radius 3 is 2.58 bits per heavy atom. The number of nitrogens with two attached hydrogens (primary N) is 1. The third-order valence-electron chi connectivity index (χ3n) is 0.935. The molecule has 1 unspecified atom stereocenters. The Morgan fingerprint density at radius 2 is 2.17 bits per heavy atom. The molecule has 0 spiro atoms. The van der Waals surface area contributed by atoms with Gasteiger partial charge in [-0.25, -0.2) is 0 Å². The normalized spacial score (nSPS) is 12.1. The van der Waals surface area contributed by atoms with E-state index in [9.17, 15) is 14.5 Å². The molecule has 0 bridgehead atoms. The molecule has 0 heterocycles. The Kier molecular flexibility index (Phi) is 5.22. The average Bonchev–Trinajstić information content (AvgIpc) is 2.00. The van der Waals surface area contributed by atoms with Crippen LogP contribution in [-0.4, -0.2) is 34.5 Å². The minimum Gasteiger partial charge on any atom is -0.480 e. The number of rotatable bonds is 5. The fourth-order valence-corrected chi connectivity index (χ4v) is 1.00. The molecule has 12 heavy (non-hydrogen) atoms. The zero-order valence-electron chi connectivity index (χ0n) is 6.10. The van der Waals surface area contributed by atoms with Crippen LogP contribution in [0.5, 0.6) is 0 Å². The van der Waals surface area contributed by atoms with Crippen molar-refractivity contribution in [1.29, 1.82) is 0 Å². The first-order valence-corrected chi connectivity index (χ1v) is 3.99. The van der Waals surface area contributed by atoms with Crippen LogP contribution in [0, 0.1) is 4.91 Å². The van der Waals surface area contributed by atoms with Crippen molar-refractivity contribution in [3.8, 4) is 0 Å². The van der Waals surface area contributed by atoms with E-state index in [0.717, 1.165) is 0 Å². The number of aliphatic carboxylic acids is 1. The van der Waals surface area contributed by atoms with Gasteiger partial charge in [0, 0.05) is 5.75 Å². The lowest BCUT2D eigenvalue weighted by Gasteiger charge is -2.02. The summed E-state index contributed by atoms with van der Waals surface area (Å²) in [5.74, 6) is -1.21. The smallest absolute Gasteiger partial charge is 0.321 e. The summed E-state index contributed by atoms with van der Waals surface area (Å²) in [6.45, 7) is -0.447. The molecule has 0 fully saturated rings. The molecule has 0 amide bonds. The molecule has 0 radical (unpaired) electrons. The van der Waals surface area contributed by atoms with Gasteiger partial charge in [-0.15, -0.1) is 0 Å². The second-order valence-corrected chi connectivity index (χ2v) is 2.99. The van der Waals surface area contributed by atoms with Gasteiger partial charge < -0.3 is 10.8 Å². The SMILES string of the molecule is NC(CSC(=O)CN=O)C(=O)O. The van der Waals surface area contributed by atoms with Crippen LogP contribution in [0.25, 0.3) is 0 Å². The molecule has 0 saturated heterocycles. The van der Waals surface area contributed by atoms with E-state index < -0.39 is 23.7 Å². The lowest BCUT2D eigenvalue weighted by molar-refractivity contribution is -0.137. The first-order chi connectivity index (χ1) is 5.57. The van der Waals surface area contributed by atoms with Crippen LogP contribution in [0.1, 0.15) is 0 Å². The summed E-state index contributed by atoms with van der Waals surface area (Å²) in [5, 5.41) is 10.2. The molecule has 0 rings (SSSR count). The largest absolute Gasteiger partial charge is 0.480 e. The summed E-state index contributed by atoms with van der Waals surface area (Å²) in [6, 6.07) is -1.08. The van der Waals surface area contributed by atoms with Gasteiger partial charge >= 0.3 is 5.97 Å². The first kappa shape index (κ1) is 11.1. The van der Waals surface area contributed by atoms with E-state index >= 15 is 0 Å². The third-order valence-corrected chi connectivity index (χ3v) is 1.91. The number of carbonyl (C=O) groups excluding carboxylic acids is 1. The maximum atomic E-state index is 10.6. The molecule has 1 atom stereocenters. The molecule has 3 N–H and O–H groups in total. The monoisotopic (exact) mass is 192 g/mol. The van der Waals surface area contributed by atoms with Crippen molar-refractivity contribution in [1.82, 2.24) is 0 Å². The van der Waals surface area contributed by atoms with Gasteiger partial charge in [0.2, 0.25) is 5.12 Å². The fraction of sp³-hybridized carbons (Fsp3) is 0.600. The van der Waals surface area contributed by atoms with Gasteiger partial charge in [-0.2, -0.15) is 4.91 Å². The molecule has 0 saturated carbocycles. The number of nitroso groups, excluding NO2 is 1. The molecule has 68 valence electrons. The van der Waals surface area contributed by atoms with Crippen LogP contribution in [-0.2, 0) is 9.59 Å². The van der Waals surface area contributed by atoms with Crippen LogP contribution in [0.15, 0.2) is 5.18 Å². The molecule has 0 aliphatic carbocycles. The molecule has 0 aliphatic rings. The lowest BCUT2D eigenvalue weighted by atomic mass is 10.4. The molecule has 0 aromatic carbocycles. The van der Waals surface area contributed by atoms with Crippen molar-refractivity contribution in [2.24, 2.45) is 10.9 Å². The second kappa shape index (κ2) is 5.67.